The number of hydrogen-bond donors (Lipinski definition) is 0. The maximum Gasteiger partial charge on any atom is 0.221 e. The van der Waals surface area contributed by atoms with Crippen LogP contribution in [0.1, 0.15) is 35.5 Å². The topological polar surface area (TPSA) is 52.8 Å². The smallest absolute Gasteiger partial charge is 0.221 e. The second-order valence-electron chi connectivity index (χ2n) is 7.78. The summed E-state index contributed by atoms with van der Waals surface area (Å²) >= 11 is 1.64. The van der Waals surface area contributed by atoms with E-state index in [-0.39, 0.29) is 0 Å². The second kappa shape index (κ2) is 7.73. The molecule has 1 aliphatic rings. The van der Waals surface area contributed by atoms with Gasteiger partial charge in [0.05, 0.1) is 17.4 Å². The molecule has 5 aromatic rings. The molecule has 156 valence electrons. The van der Waals surface area contributed by atoms with Gasteiger partial charge in [-0.1, -0.05) is 54.6 Å². The maximum absolute atomic E-state index is 6.52. The Morgan fingerprint density at radius 3 is 2.72 bits per heavy atom. The first kappa shape index (κ1) is 19.0. The van der Waals surface area contributed by atoms with Crippen molar-refractivity contribution in [2.45, 2.75) is 19.6 Å². The van der Waals surface area contributed by atoms with E-state index in [1.807, 2.05) is 41.9 Å². The van der Waals surface area contributed by atoms with Crippen LogP contribution in [0.3, 0.4) is 0 Å². The van der Waals surface area contributed by atoms with Gasteiger partial charge in [0.15, 0.2) is 0 Å². The molecule has 1 atom stereocenters. The number of ether oxygens (including phenoxy) is 1. The lowest BCUT2D eigenvalue weighted by Gasteiger charge is -2.27. The van der Waals surface area contributed by atoms with Crippen molar-refractivity contribution in [3.05, 3.63) is 100 Å². The van der Waals surface area contributed by atoms with Crippen molar-refractivity contribution in [1.82, 2.24) is 20.0 Å². The van der Waals surface area contributed by atoms with Crippen LogP contribution in [0.25, 0.3) is 34.0 Å². The normalized spacial score (nSPS) is 15.3. The SMILES string of the molecule is CCc1ccc(C2=Cc3nc4ccccc4cc3C(n3cc(-c4ccsc4)nn3)O2)cc1. The number of hydrogen-bond acceptors (Lipinski definition) is 5. The Hall–Kier alpha value is -3.77. The van der Waals surface area contributed by atoms with E-state index in [9.17, 15) is 0 Å². The van der Waals surface area contributed by atoms with Gasteiger partial charge in [0.2, 0.25) is 6.23 Å². The van der Waals surface area contributed by atoms with Gasteiger partial charge in [-0.25, -0.2) is 9.67 Å². The van der Waals surface area contributed by atoms with Crippen LogP contribution in [0.2, 0.25) is 0 Å². The molecule has 0 spiro atoms. The molecule has 0 saturated heterocycles. The Labute approximate surface area is 189 Å². The number of nitrogens with zero attached hydrogens (tertiary/aromatic N) is 4. The van der Waals surface area contributed by atoms with Crippen LogP contribution < -0.4 is 0 Å². The summed E-state index contributed by atoms with van der Waals surface area (Å²) < 4.78 is 8.31. The average Bonchev–Trinajstić information content (AvgIpc) is 3.54. The molecule has 2 aromatic carbocycles. The first-order chi connectivity index (χ1) is 15.8. The van der Waals surface area contributed by atoms with Gasteiger partial charge >= 0.3 is 0 Å². The number of thiophene rings is 1. The lowest BCUT2D eigenvalue weighted by atomic mass is 10.0. The van der Waals surface area contributed by atoms with Gasteiger partial charge in [0.25, 0.3) is 0 Å². The van der Waals surface area contributed by atoms with E-state index in [4.69, 9.17) is 9.72 Å². The summed E-state index contributed by atoms with van der Waals surface area (Å²) in [7, 11) is 0. The quantitative estimate of drug-likeness (QED) is 0.337. The summed E-state index contributed by atoms with van der Waals surface area (Å²) in [5.41, 5.74) is 7.02. The Morgan fingerprint density at radius 2 is 1.91 bits per heavy atom. The molecule has 1 aliphatic heterocycles. The number of aromatic nitrogens is 4. The Balaban J connectivity index is 1.48. The van der Waals surface area contributed by atoms with E-state index in [2.05, 4.69) is 59.0 Å². The first-order valence-electron chi connectivity index (χ1n) is 10.6. The van der Waals surface area contributed by atoms with Crippen LogP contribution in [0, 0.1) is 0 Å². The van der Waals surface area contributed by atoms with E-state index >= 15 is 0 Å². The van der Waals surface area contributed by atoms with E-state index in [0.29, 0.717) is 0 Å². The molecule has 0 radical (unpaired) electrons. The molecule has 6 heteroatoms. The van der Waals surface area contributed by atoms with Gasteiger partial charge in [-0.3, -0.25) is 0 Å². The van der Waals surface area contributed by atoms with Crippen molar-refractivity contribution < 1.29 is 4.74 Å². The zero-order valence-corrected chi connectivity index (χ0v) is 18.3. The Morgan fingerprint density at radius 1 is 1.03 bits per heavy atom. The van der Waals surface area contributed by atoms with Crippen LogP contribution in [0.5, 0.6) is 0 Å². The number of benzene rings is 2. The van der Waals surface area contributed by atoms with Gasteiger partial charge in [-0.15, -0.1) is 5.10 Å². The van der Waals surface area contributed by atoms with Gasteiger partial charge in [0.1, 0.15) is 11.5 Å². The summed E-state index contributed by atoms with van der Waals surface area (Å²) in [6, 6.07) is 20.8. The van der Waals surface area contributed by atoms with E-state index < -0.39 is 6.23 Å². The Kier molecular flexibility index (Phi) is 4.58. The summed E-state index contributed by atoms with van der Waals surface area (Å²) in [6.45, 7) is 2.16. The molecule has 0 saturated carbocycles. The van der Waals surface area contributed by atoms with Crippen molar-refractivity contribution in [1.29, 1.82) is 0 Å². The maximum atomic E-state index is 6.52. The van der Waals surface area contributed by atoms with Crippen molar-refractivity contribution in [2.75, 3.05) is 0 Å². The second-order valence-corrected chi connectivity index (χ2v) is 8.56. The first-order valence-corrected chi connectivity index (χ1v) is 11.5. The standard InChI is InChI=1S/C26H20N4OS/c1-2-17-7-9-18(10-8-17)25-14-23-21(13-19-5-3-4-6-22(19)27-23)26(31-25)30-15-24(28-29-30)20-11-12-32-16-20/h3-16,26H,2H2,1H3. The van der Waals surface area contributed by atoms with Gasteiger partial charge < -0.3 is 4.74 Å². The number of para-hydroxylation sites is 1. The largest absolute Gasteiger partial charge is 0.464 e. The summed E-state index contributed by atoms with van der Waals surface area (Å²) in [5, 5.41) is 14.0. The summed E-state index contributed by atoms with van der Waals surface area (Å²) in [5.74, 6) is 0.778. The molecule has 0 bridgehead atoms. The van der Waals surface area contributed by atoms with Crippen LogP contribution in [-0.2, 0) is 11.2 Å². The minimum atomic E-state index is -0.451. The van der Waals surface area contributed by atoms with Crippen LogP contribution in [-0.4, -0.2) is 20.0 Å². The molecule has 0 amide bonds. The third-order valence-corrected chi connectivity index (χ3v) is 6.45. The minimum Gasteiger partial charge on any atom is -0.464 e. The third-order valence-electron chi connectivity index (χ3n) is 5.77. The fraction of sp³-hybridized carbons (Fsp3) is 0.115. The fourth-order valence-electron chi connectivity index (χ4n) is 3.99. The molecule has 4 heterocycles. The molecule has 0 aliphatic carbocycles. The number of aryl methyl sites for hydroxylation is 1. The lowest BCUT2D eigenvalue weighted by Crippen LogP contribution is -2.19. The van der Waals surface area contributed by atoms with Crippen molar-refractivity contribution >= 4 is 34.1 Å². The zero-order chi connectivity index (χ0) is 21.5. The van der Waals surface area contributed by atoms with E-state index in [1.165, 1.54) is 5.56 Å². The zero-order valence-electron chi connectivity index (χ0n) is 17.5. The van der Waals surface area contributed by atoms with Crippen LogP contribution in [0.4, 0.5) is 0 Å². The minimum absolute atomic E-state index is 0.451. The highest BCUT2D eigenvalue weighted by atomic mass is 32.1. The van der Waals surface area contributed by atoms with E-state index in [1.54, 1.807) is 16.0 Å². The number of rotatable bonds is 4. The van der Waals surface area contributed by atoms with Crippen LogP contribution in [0.15, 0.2) is 77.6 Å². The number of pyridine rings is 1. The fourth-order valence-corrected chi connectivity index (χ4v) is 4.64. The summed E-state index contributed by atoms with van der Waals surface area (Å²) in [4.78, 5) is 4.94. The molecular formula is C26H20N4OS. The predicted molar refractivity (Wildman–Crippen MR) is 128 cm³/mol. The highest BCUT2D eigenvalue weighted by Gasteiger charge is 2.28. The van der Waals surface area contributed by atoms with Gasteiger partial charge in [-0.2, -0.15) is 11.3 Å². The molecule has 32 heavy (non-hydrogen) atoms. The van der Waals surface area contributed by atoms with Crippen molar-refractivity contribution in [3.63, 3.8) is 0 Å². The molecule has 0 N–H and O–H groups in total. The third kappa shape index (κ3) is 3.29. The molecule has 0 fully saturated rings. The van der Waals surface area contributed by atoms with Crippen molar-refractivity contribution in [2.24, 2.45) is 0 Å². The number of fused-ring (bicyclic) bond motifs is 2. The predicted octanol–water partition coefficient (Wildman–Crippen LogP) is 6.19. The molecule has 5 nitrogen and oxygen atoms in total. The van der Waals surface area contributed by atoms with Gasteiger partial charge in [-0.05, 0) is 35.6 Å². The molecule has 3 aromatic heterocycles. The van der Waals surface area contributed by atoms with Gasteiger partial charge in [0, 0.05) is 33.5 Å². The van der Waals surface area contributed by atoms with Crippen LogP contribution >= 0.6 is 11.3 Å². The lowest BCUT2D eigenvalue weighted by molar-refractivity contribution is 0.121. The molecule has 6 rings (SSSR count). The average molecular weight is 437 g/mol. The highest BCUT2D eigenvalue weighted by molar-refractivity contribution is 7.08. The Bertz CT molecular complexity index is 1430. The summed E-state index contributed by atoms with van der Waals surface area (Å²) in [6.07, 6.45) is 4.52. The van der Waals surface area contributed by atoms with E-state index in [0.717, 1.165) is 51.2 Å². The monoisotopic (exact) mass is 436 g/mol. The molecular weight excluding hydrogens is 416 g/mol. The highest BCUT2D eigenvalue weighted by Crippen LogP contribution is 2.37. The van der Waals surface area contributed by atoms with Crippen molar-refractivity contribution in [3.8, 4) is 11.3 Å². The molecule has 1 unspecified atom stereocenters.